The molecule has 0 heterocycles. The minimum atomic E-state index is -0.177. The maximum absolute atomic E-state index is 11.0. The quantitative estimate of drug-likeness (QED) is 0.633. The van der Waals surface area contributed by atoms with Crippen LogP contribution in [0.5, 0.6) is 5.75 Å². The molecule has 0 saturated carbocycles. The molecule has 80 valence electrons. The van der Waals surface area contributed by atoms with Gasteiger partial charge in [0.1, 0.15) is 11.5 Å². The Morgan fingerprint density at radius 1 is 1.40 bits per heavy atom. The first-order valence-corrected chi connectivity index (χ1v) is 5.53. The molecule has 1 aromatic carbocycles. The van der Waals surface area contributed by atoms with Crippen molar-refractivity contribution in [1.29, 1.82) is 0 Å². The first kappa shape index (κ1) is 11.7. The third-order valence-electron chi connectivity index (χ3n) is 1.84. The number of hydrogen-bond acceptors (Lipinski definition) is 4. The summed E-state index contributed by atoms with van der Waals surface area (Å²) in [7, 11) is 1.57. The third kappa shape index (κ3) is 3.32. The molecule has 0 saturated heterocycles. The van der Waals surface area contributed by atoms with Crippen LogP contribution in [0.4, 0.5) is 0 Å². The lowest BCUT2D eigenvalue weighted by atomic mass is 10.2. The maximum Gasteiger partial charge on any atom is 0.215 e. The summed E-state index contributed by atoms with van der Waals surface area (Å²) >= 11 is 1.06. The second-order valence-electron chi connectivity index (χ2n) is 2.78. The number of thioether (sulfide) groups is 1. The molecular formula is C11H12O3S. The van der Waals surface area contributed by atoms with Crippen molar-refractivity contribution in [3.05, 3.63) is 35.9 Å². The van der Waals surface area contributed by atoms with Crippen LogP contribution in [-0.4, -0.2) is 23.6 Å². The van der Waals surface area contributed by atoms with Crippen LogP contribution in [0, 0.1) is 0 Å². The highest BCUT2D eigenvalue weighted by molar-refractivity contribution is 8.13. The molecule has 1 rings (SSSR count). The van der Waals surface area contributed by atoms with Crippen molar-refractivity contribution >= 4 is 22.6 Å². The van der Waals surface area contributed by atoms with Gasteiger partial charge in [-0.15, -0.1) is 0 Å². The van der Waals surface area contributed by atoms with Crippen LogP contribution in [0.25, 0.3) is 5.76 Å². The monoisotopic (exact) mass is 224 g/mol. The van der Waals surface area contributed by atoms with Crippen LogP contribution >= 0.6 is 11.8 Å². The summed E-state index contributed by atoms with van der Waals surface area (Å²) in [4.78, 5) is 11.0. The van der Waals surface area contributed by atoms with Crippen molar-refractivity contribution in [3.8, 4) is 5.75 Å². The Kier molecular flexibility index (Phi) is 4.24. The SMILES string of the molecule is COc1ccc(/C(O)=C/C(=O)SC)cc1. The second kappa shape index (κ2) is 5.46. The number of ether oxygens (including phenoxy) is 1. The van der Waals surface area contributed by atoms with E-state index in [2.05, 4.69) is 0 Å². The van der Waals surface area contributed by atoms with Crippen molar-refractivity contribution in [2.24, 2.45) is 0 Å². The molecule has 0 atom stereocenters. The molecule has 1 N–H and O–H groups in total. The van der Waals surface area contributed by atoms with Gasteiger partial charge in [-0.05, 0) is 30.5 Å². The zero-order valence-electron chi connectivity index (χ0n) is 8.56. The predicted octanol–water partition coefficient (Wildman–Crippen LogP) is 2.48. The van der Waals surface area contributed by atoms with Gasteiger partial charge in [-0.2, -0.15) is 0 Å². The molecule has 4 heteroatoms. The number of hydrogen-bond donors (Lipinski definition) is 1. The molecule has 0 aromatic heterocycles. The van der Waals surface area contributed by atoms with Gasteiger partial charge in [0.2, 0.25) is 5.12 Å². The Morgan fingerprint density at radius 2 is 2.00 bits per heavy atom. The molecule has 0 aliphatic heterocycles. The van der Waals surface area contributed by atoms with Crippen molar-refractivity contribution < 1.29 is 14.6 Å². The molecule has 0 bridgehead atoms. The standard InChI is InChI=1S/C11H12O3S/c1-14-9-5-3-8(4-6-9)10(12)7-11(13)15-2/h3-7,12H,1-2H3/b10-7-. The van der Waals surface area contributed by atoms with E-state index >= 15 is 0 Å². The molecule has 0 amide bonds. The number of benzene rings is 1. The van der Waals surface area contributed by atoms with E-state index in [0.29, 0.717) is 11.3 Å². The molecule has 0 fully saturated rings. The molecular weight excluding hydrogens is 212 g/mol. The fourth-order valence-corrected chi connectivity index (χ4v) is 1.25. The molecule has 3 nitrogen and oxygen atoms in total. The number of carbonyl (C=O) groups is 1. The number of rotatable bonds is 3. The van der Waals surface area contributed by atoms with Crippen LogP contribution in [-0.2, 0) is 4.79 Å². The highest BCUT2D eigenvalue weighted by Gasteiger charge is 2.02. The molecule has 0 spiro atoms. The van der Waals surface area contributed by atoms with Gasteiger partial charge in [0.05, 0.1) is 7.11 Å². The summed E-state index contributed by atoms with van der Waals surface area (Å²) in [6, 6.07) is 6.84. The second-order valence-corrected chi connectivity index (χ2v) is 3.59. The summed E-state index contributed by atoms with van der Waals surface area (Å²) in [5, 5.41) is 9.39. The number of aliphatic hydroxyl groups excluding tert-OH is 1. The average molecular weight is 224 g/mol. The number of carbonyl (C=O) groups excluding carboxylic acids is 1. The van der Waals surface area contributed by atoms with Gasteiger partial charge in [-0.25, -0.2) is 0 Å². The molecule has 0 radical (unpaired) electrons. The third-order valence-corrected chi connectivity index (χ3v) is 2.36. The van der Waals surface area contributed by atoms with E-state index in [-0.39, 0.29) is 10.9 Å². The first-order valence-electron chi connectivity index (χ1n) is 4.30. The molecule has 0 aliphatic carbocycles. The van der Waals surface area contributed by atoms with Gasteiger partial charge in [-0.3, -0.25) is 4.79 Å². The van der Waals surface area contributed by atoms with E-state index in [1.165, 1.54) is 6.08 Å². The zero-order valence-corrected chi connectivity index (χ0v) is 9.38. The summed E-state index contributed by atoms with van der Waals surface area (Å²) in [5.74, 6) is 0.680. The lowest BCUT2D eigenvalue weighted by Gasteiger charge is -2.02. The Hall–Kier alpha value is -1.42. The van der Waals surface area contributed by atoms with Gasteiger partial charge >= 0.3 is 0 Å². The van der Waals surface area contributed by atoms with Crippen molar-refractivity contribution in [1.82, 2.24) is 0 Å². The van der Waals surface area contributed by atoms with Crippen LogP contribution in [0.2, 0.25) is 0 Å². The molecule has 15 heavy (non-hydrogen) atoms. The molecule has 1 aromatic rings. The Morgan fingerprint density at radius 3 is 2.47 bits per heavy atom. The topological polar surface area (TPSA) is 46.5 Å². The van der Waals surface area contributed by atoms with E-state index < -0.39 is 0 Å². The minimum Gasteiger partial charge on any atom is -0.507 e. The number of methoxy groups -OCH3 is 1. The number of aliphatic hydroxyl groups is 1. The van der Waals surface area contributed by atoms with E-state index in [1.807, 2.05) is 0 Å². The van der Waals surface area contributed by atoms with Gasteiger partial charge < -0.3 is 9.84 Å². The van der Waals surface area contributed by atoms with Crippen molar-refractivity contribution in [2.75, 3.05) is 13.4 Å². The Balaban J connectivity index is 2.87. The summed E-state index contributed by atoms with van der Waals surface area (Å²) in [6.45, 7) is 0. The van der Waals surface area contributed by atoms with E-state index in [9.17, 15) is 9.90 Å². The average Bonchev–Trinajstić information content (AvgIpc) is 2.29. The van der Waals surface area contributed by atoms with Gasteiger partial charge in [-0.1, -0.05) is 11.8 Å². The highest BCUT2D eigenvalue weighted by atomic mass is 32.2. The summed E-state index contributed by atoms with van der Waals surface area (Å²) in [6.07, 6.45) is 2.87. The maximum atomic E-state index is 11.0. The summed E-state index contributed by atoms with van der Waals surface area (Å²) < 4.78 is 4.98. The van der Waals surface area contributed by atoms with Crippen molar-refractivity contribution in [2.45, 2.75) is 0 Å². The van der Waals surface area contributed by atoms with Crippen LogP contribution in [0.1, 0.15) is 5.56 Å². The van der Waals surface area contributed by atoms with E-state index in [1.54, 1.807) is 37.6 Å². The van der Waals surface area contributed by atoms with Crippen molar-refractivity contribution in [3.63, 3.8) is 0 Å². The fourth-order valence-electron chi connectivity index (χ4n) is 1.02. The largest absolute Gasteiger partial charge is 0.507 e. The molecule has 0 unspecified atom stereocenters. The smallest absolute Gasteiger partial charge is 0.215 e. The zero-order chi connectivity index (χ0) is 11.3. The van der Waals surface area contributed by atoms with Crippen LogP contribution in [0.15, 0.2) is 30.3 Å². The summed E-state index contributed by atoms with van der Waals surface area (Å²) in [5.41, 5.74) is 0.596. The lowest BCUT2D eigenvalue weighted by Crippen LogP contribution is -1.89. The first-order chi connectivity index (χ1) is 7.17. The Bertz CT molecular complexity index is 368. The lowest BCUT2D eigenvalue weighted by molar-refractivity contribution is -0.107. The van der Waals surface area contributed by atoms with Gasteiger partial charge in [0, 0.05) is 11.6 Å². The van der Waals surface area contributed by atoms with E-state index in [4.69, 9.17) is 4.74 Å². The Labute approximate surface area is 92.8 Å². The van der Waals surface area contributed by atoms with Gasteiger partial charge in [0.15, 0.2) is 0 Å². The van der Waals surface area contributed by atoms with E-state index in [0.717, 1.165) is 11.8 Å². The van der Waals surface area contributed by atoms with Crippen LogP contribution < -0.4 is 4.74 Å². The van der Waals surface area contributed by atoms with Crippen LogP contribution in [0.3, 0.4) is 0 Å². The fraction of sp³-hybridized carbons (Fsp3) is 0.182. The predicted molar refractivity (Wildman–Crippen MR) is 62.1 cm³/mol. The normalized spacial score (nSPS) is 11.2. The van der Waals surface area contributed by atoms with Gasteiger partial charge in [0.25, 0.3) is 0 Å². The minimum absolute atomic E-state index is 0.0306. The highest BCUT2D eigenvalue weighted by Crippen LogP contribution is 2.17. The molecule has 0 aliphatic rings.